The standard InChI is InChI=1S/C19H18N6S/c1-2-12-25-17(20-23-24-25)13-26-19-16-11-7-6-10-15(16)18(21-22-19)14-8-4-3-5-9-14/h3-11H,2,12-13H2,1H3. The maximum Gasteiger partial charge on any atom is 0.161 e. The Labute approximate surface area is 155 Å². The molecule has 0 aliphatic rings. The first-order valence-electron chi connectivity index (χ1n) is 8.55. The van der Waals surface area contributed by atoms with Gasteiger partial charge in [-0.3, -0.25) is 0 Å². The molecule has 0 atom stereocenters. The second-order valence-electron chi connectivity index (χ2n) is 5.87. The van der Waals surface area contributed by atoms with Crippen LogP contribution in [-0.2, 0) is 12.3 Å². The van der Waals surface area contributed by atoms with Gasteiger partial charge in [-0.1, -0.05) is 73.3 Å². The Hall–Kier alpha value is -2.80. The highest BCUT2D eigenvalue weighted by atomic mass is 32.2. The van der Waals surface area contributed by atoms with Gasteiger partial charge in [0.15, 0.2) is 5.82 Å². The Morgan fingerprint density at radius 1 is 0.885 bits per heavy atom. The molecule has 0 N–H and O–H groups in total. The van der Waals surface area contributed by atoms with Crippen molar-refractivity contribution >= 4 is 22.5 Å². The van der Waals surface area contributed by atoms with Gasteiger partial charge < -0.3 is 0 Å². The number of thioether (sulfide) groups is 1. The zero-order valence-corrected chi connectivity index (χ0v) is 15.2. The molecule has 0 bridgehead atoms. The second kappa shape index (κ2) is 7.61. The van der Waals surface area contributed by atoms with E-state index in [2.05, 4.69) is 56.9 Å². The number of tetrazole rings is 1. The fraction of sp³-hybridized carbons (Fsp3) is 0.211. The molecule has 0 amide bonds. The van der Waals surface area contributed by atoms with Crippen LogP contribution in [0.1, 0.15) is 19.2 Å². The third-order valence-electron chi connectivity index (χ3n) is 4.08. The summed E-state index contributed by atoms with van der Waals surface area (Å²) >= 11 is 1.61. The van der Waals surface area contributed by atoms with Crippen LogP contribution in [0.3, 0.4) is 0 Å². The average Bonchev–Trinajstić information content (AvgIpc) is 3.14. The van der Waals surface area contributed by atoms with Crippen molar-refractivity contribution in [2.45, 2.75) is 30.7 Å². The molecule has 0 aliphatic carbocycles. The summed E-state index contributed by atoms with van der Waals surface area (Å²) < 4.78 is 1.85. The molecular weight excluding hydrogens is 344 g/mol. The van der Waals surface area contributed by atoms with Crippen LogP contribution in [-0.4, -0.2) is 30.4 Å². The lowest BCUT2D eigenvalue weighted by Crippen LogP contribution is -2.04. The zero-order valence-electron chi connectivity index (χ0n) is 14.4. The molecule has 0 saturated carbocycles. The van der Waals surface area contributed by atoms with Crippen LogP contribution >= 0.6 is 11.8 Å². The fourth-order valence-corrected chi connectivity index (χ4v) is 3.74. The summed E-state index contributed by atoms with van der Waals surface area (Å²) in [5.41, 5.74) is 1.97. The van der Waals surface area contributed by atoms with Crippen molar-refractivity contribution in [1.82, 2.24) is 30.4 Å². The highest BCUT2D eigenvalue weighted by Crippen LogP contribution is 2.32. The third kappa shape index (κ3) is 3.30. The van der Waals surface area contributed by atoms with Gasteiger partial charge in [-0.05, 0) is 16.8 Å². The average molecular weight is 362 g/mol. The number of rotatable bonds is 6. The van der Waals surface area contributed by atoms with Crippen LogP contribution < -0.4 is 0 Å². The van der Waals surface area contributed by atoms with Crippen LogP contribution in [0.4, 0.5) is 0 Å². The lowest BCUT2D eigenvalue weighted by atomic mass is 10.1. The van der Waals surface area contributed by atoms with Gasteiger partial charge in [0.1, 0.15) is 10.7 Å². The van der Waals surface area contributed by atoms with Gasteiger partial charge >= 0.3 is 0 Å². The number of benzene rings is 2. The first-order valence-corrected chi connectivity index (χ1v) is 9.54. The molecule has 2 aromatic heterocycles. The minimum atomic E-state index is 0.663. The maximum absolute atomic E-state index is 4.51. The van der Waals surface area contributed by atoms with Gasteiger partial charge in [0.05, 0.1) is 5.75 Å². The lowest BCUT2D eigenvalue weighted by Gasteiger charge is -2.09. The number of aryl methyl sites for hydroxylation is 1. The summed E-state index contributed by atoms with van der Waals surface area (Å²) in [6.07, 6.45) is 0.997. The first kappa shape index (κ1) is 16.7. The summed E-state index contributed by atoms with van der Waals surface area (Å²) in [6.45, 7) is 2.93. The molecule has 4 rings (SSSR count). The van der Waals surface area contributed by atoms with Crippen molar-refractivity contribution in [2.24, 2.45) is 0 Å². The first-order chi connectivity index (χ1) is 12.9. The lowest BCUT2D eigenvalue weighted by molar-refractivity contribution is 0.564. The topological polar surface area (TPSA) is 69.4 Å². The van der Waals surface area contributed by atoms with E-state index in [1.807, 2.05) is 35.0 Å². The maximum atomic E-state index is 4.51. The van der Waals surface area contributed by atoms with Gasteiger partial charge in [0, 0.05) is 22.9 Å². The summed E-state index contributed by atoms with van der Waals surface area (Å²) in [5, 5.41) is 24.0. The highest BCUT2D eigenvalue weighted by molar-refractivity contribution is 7.98. The quantitative estimate of drug-likeness (QED) is 0.483. The SMILES string of the molecule is CCCn1nnnc1CSc1nnc(-c2ccccc2)c2ccccc12. The minimum absolute atomic E-state index is 0.663. The molecule has 0 spiro atoms. The van der Waals surface area contributed by atoms with E-state index < -0.39 is 0 Å². The zero-order chi connectivity index (χ0) is 17.8. The van der Waals surface area contributed by atoms with Gasteiger partial charge in [-0.2, -0.15) is 0 Å². The van der Waals surface area contributed by atoms with E-state index in [1.54, 1.807) is 11.8 Å². The molecule has 6 nitrogen and oxygen atoms in total. The molecule has 0 fully saturated rings. The van der Waals surface area contributed by atoms with Gasteiger partial charge in [-0.15, -0.1) is 15.3 Å². The van der Waals surface area contributed by atoms with Crippen molar-refractivity contribution in [3.05, 3.63) is 60.4 Å². The molecular formula is C19H18N6S. The van der Waals surface area contributed by atoms with Crippen LogP contribution in [0.15, 0.2) is 59.6 Å². The molecule has 7 heteroatoms. The Kier molecular flexibility index (Phi) is 4.88. The van der Waals surface area contributed by atoms with E-state index in [1.165, 1.54) is 0 Å². The molecule has 0 saturated heterocycles. The second-order valence-corrected chi connectivity index (χ2v) is 6.84. The number of fused-ring (bicyclic) bond motifs is 1. The number of aromatic nitrogens is 6. The van der Waals surface area contributed by atoms with E-state index in [4.69, 9.17) is 0 Å². The van der Waals surface area contributed by atoms with Crippen molar-refractivity contribution in [3.8, 4) is 11.3 Å². The Morgan fingerprint density at radius 3 is 2.46 bits per heavy atom. The van der Waals surface area contributed by atoms with Gasteiger partial charge in [-0.25, -0.2) is 4.68 Å². The largest absolute Gasteiger partial charge is 0.229 e. The molecule has 0 radical (unpaired) electrons. The predicted octanol–water partition coefficient (Wildman–Crippen LogP) is 3.99. The molecule has 2 aromatic carbocycles. The van der Waals surface area contributed by atoms with Gasteiger partial charge in [0.25, 0.3) is 0 Å². The Morgan fingerprint density at radius 2 is 1.65 bits per heavy atom. The number of hydrogen-bond donors (Lipinski definition) is 0. The van der Waals surface area contributed by atoms with E-state index in [9.17, 15) is 0 Å². The van der Waals surface area contributed by atoms with Crippen LogP contribution in [0.25, 0.3) is 22.0 Å². The van der Waals surface area contributed by atoms with E-state index in [0.29, 0.717) is 5.75 Å². The van der Waals surface area contributed by atoms with Crippen LogP contribution in [0, 0.1) is 0 Å². The van der Waals surface area contributed by atoms with E-state index >= 15 is 0 Å². The van der Waals surface area contributed by atoms with E-state index in [0.717, 1.165) is 45.8 Å². The number of hydrogen-bond acceptors (Lipinski definition) is 6. The van der Waals surface area contributed by atoms with Gasteiger partial charge in [0.2, 0.25) is 0 Å². The minimum Gasteiger partial charge on any atom is -0.229 e. The van der Waals surface area contributed by atoms with E-state index in [-0.39, 0.29) is 0 Å². The third-order valence-corrected chi connectivity index (χ3v) is 5.06. The summed E-state index contributed by atoms with van der Waals surface area (Å²) in [6, 6.07) is 18.4. The normalized spacial score (nSPS) is 11.1. The monoisotopic (exact) mass is 362 g/mol. The Balaban J connectivity index is 1.68. The highest BCUT2D eigenvalue weighted by Gasteiger charge is 2.13. The molecule has 0 unspecified atom stereocenters. The van der Waals surface area contributed by atoms with Crippen molar-refractivity contribution in [2.75, 3.05) is 0 Å². The molecule has 26 heavy (non-hydrogen) atoms. The van der Waals surface area contributed by atoms with Crippen molar-refractivity contribution in [1.29, 1.82) is 0 Å². The molecule has 130 valence electrons. The summed E-state index contributed by atoms with van der Waals surface area (Å²) in [4.78, 5) is 0. The van der Waals surface area contributed by atoms with Crippen LogP contribution in [0.5, 0.6) is 0 Å². The smallest absolute Gasteiger partial charge is 0.161 e. The molecule has 2 heterocycles. The fourth-order valence-electron chi connectivity index (χ4n) is 2.84. The number of nitrogens with zero attached hydrogens (tertiary/aromatic N) is 6. The van der Waals surface area contributed by atoms with Crippen LogP contribution in [0.2, 0.25) is 0 Å². The predicted molar refractivity (Wildman–Crippen MR) is 103 cm³/mol. The van der Waals surface area contributed by atoms with Crippen molar-refractivity contribution in [3.63, 3.8) is 0 Å². The summed E-state index contributed by atoms with van der Waals surface area (Å²) in [7, 11) is 0. The summed E-state index contributed by atoms with van der Waals surface area (Å²) in [5.74, 6) is 1.52. The Bertz CT molecular complexity index is 1010. The molecule has 0 aliphatic heterocycles. The molecule has 4 aromatic rings. The van der Waals surface area contributed by atoms with Crippen molar-refractivity contribution < 1.29 is 0 Å².